The molecule has 190 valence electrons. The first-order valence-electron chi connectivity index (χ1n) is 13.6. The van der Waals surface area contributed by atoms with Crippen LogP contribution in [0, 0.1) is 11.8 Å². The van der Waals surface area contributed by atoms with E-state index in [1.807, 2.05) is 0 Å². The molecule has 2 atom stereocenters. The molecular weight excluding hydrogens is 440 g/mol. The first-order chi connectivity index (χ1) is 17.7. The molecule has 4 aromatic carbocycles. The summed E-state index contributed by atoms with van der Waals surface area (Å²) in [5, 5.41) is 19.6. The highest BCUT2D eigenvalue weighted by Gasteiger charge is 2.07. The highest BCUT2D eigenvalue weighted by Crippen LogP contribution is 2.23. The molecule has 0 radical (unpaired) electrons. The van der Waals surface area contributed by atoms with Crippen molar-refractivity contribution in [1.82, 2.24) is 10.6 Å². The zero-order chi connectivity index (χ0) is 25.0. The van der Waals surface area contributed by atoms with Gasteiger partial charge in [-0.2, -0.15) is 0 Å². The predicted molar refractivity (Wildman–Crippen MR) is 158 cm³/mol. The molecule has 0 fully saturated rings. The van der Waals surface area contributed by atoms with Crippen LogP contribution in [0.2, 0.25) is 0 Å². The van der Waals surface area contributed by atoms with Gasteiger partial charge < -0.3 is 21.3 Å². The maximum atomic E-state index is 3.63. The number of hydrogen-bond donors (Lipinski definition) is 4. The van der Waals surface area contributed by atoms with E-state index in [0.29, 0.717) is 11.8 Å². The van der Waals surface area contributed by atoms with Gasteiger partial charge >= 0.3 is 0 Å². The van der Waals surface area contributed by atoms with Gasteiger partial charge in [-0.05, 0) is 60.7 Å². The van der Waals surface area contributed by atoms with Crippen molar-refractivity contribution in [2.75, 3.05) is 49.9 Å². The maximum Gasteiger partial charge on any atom is 0.0420 e. The second-order valence-corrected chi connectivity index (χ2v) is 10.1. The number of anilines is 2. The van der Waals surface area contributed by atoms with Gasteiger partial charge in [-0.25, -0.2) is 0 Å². The Labute approximate surface area is 216 Å². The molecule has 2 unspecified atom stereocenters. The summed E-state index contributed by atoms with van der Waals surface area (Å²) in [4.78, 5) is 0. The van der Waals surface area contributed by atoms with Crippen LogP contribution in [-0.4, -0.2) is 39.3 Å². The van der Waals surface area contributed by atoms with Gasteiger partial charge in [0.25, 0.3) is 0 Å². The van der Waals surface area contributed by atoms with Crippen LogP contribution in [0.1, 0.15) is 26.7 Å². The number of benzene rings is 4. The predicted octanol–water partition coefficient (Wildman–Crippen LogP) is 6.75. The Balaban J connectivity index is 1.04. The van der Waals surface area contributed by atoms with Crippen molar-refractivity contribution in [2.45, 2.75) is 26.7 Å². The van der Waals surface area contributed by atoms with E-state index in [2.05, 4.69) is 120 Å². The summed E-state index contributed by atoms with van der Waals surface area (Å²) in [5.74, 6) is 1.39. The van der Waals surface area contributed by atoms with Crippen LogP contribution < -0.4 is 21.3 Å². The van der Waals surface area contributed by atoms with Crippen LogP contribution in [0.25, 0.3) is 21.5 Å². The molecule has 0 aliphatic carbocycles. The first-order valence-corrected chi connectivity index (χ1v) is 13.6. The van der Waals surface area contributed by atoms with Crippen LogP contribution in [0.3, 0.4) is 0 Å². The van der Waals surface area contributed by atoms with Crippen LogP contribution >= 0.6 is 0 Å². The Hall–Kier alpha value is -3.08. The molecule has 0 saturated heterocycles. The Bertz CT molecular complexity index is 1100. The summed E-state index contributed by atoms with van der Waals surface area (Å²) in [5.41, 5.74) is 2.44. The van der Waals surface area contributed by atoms with Crippen LogP contribution in [0.4, 0.5) is 11.4 Å². The smallest absolute Gasteiger partial charge is 0.0420 e. The first kappa shape index (κ1) is 26.0. The van der Waals surface area contributed by atoms with Crippen molar-refractivity contribution in [3.8, 4) is 0 Å². The van der Waals surface area contributed by atoms with Crippen LogP contribution in [-0.2, 0) is 0 Å². The Morgan fingerprint density at radius 3 is 1.39 bits per heavy atom. The van der Waals surface area contributed by atoms with Gasteiger partial charge in [-0.3, -0.25) is 0 Å². The molecule has 4 aromatic rings. The van der Waals surface area contributed by atoms with Gasteiger partial charge in [0.15, 0.2) is 0 Å². The van der Waals surface area contributed by atoms with E-state index in [-0.39, 0.29) is 0 Å². The molecule has 0 saturated carbocycles. The lowest BCUT2D eigenvalue weighted by atomic mass is 9.98. The SMILES string of the molecule is CC(CCC(C)CNCCNc1cccc2ccccc12)CNCCNc1cccc2ccccc12. The average Bonchev–Trinajstić information content (AvgIpc) is 2.91. The van der Waals surface area contributed by atoms with Gasteiger partial charge in [-0.15, -0.1) is 0 Å². The van der Waals surface area contributed by atoms with E-state index in [1.54, 1.807) is 0 Å². The maximum absolute atomic E-state index is 3.63. The van der Waals surface area contributed by atoms with Crippen LogP contribution in [0.15, 0.2) is 84.9 Å². The van der Waals surface area contributed by atoms with E-state index >= 15 is 0 Å². The summed E-state index contributed by atoms with van der Waals surface area (Å²) in [6.45, 7) is 10.7. The minimum atomic E-state index is 0.693. The zero-order valence-electron chi connectivity index (χ0n) is 21.9. The van der Waals surface area contributed by atoms with E-state index < -0.39 is 0 Å². The molecule has 0 aromatic heterocycles. The fraction of sp³-hybridized carbons (Fsp3) is 0.375. The van der Waals surface area contributed by atoms with Gasteiger partial charge in [-0.1, -0.05) is 86.6 Å². The van der Waals surface area contributed by atoms with E-state index in [9.17, 15) is 0 Å². The molecule has 0 heterocycles. The third-order valence-corrected chi connectivity index (χ3v) is 6.95. The van der Waals surface area contributed by atoms with Crippen molar-refractivity contribution in [1.29, 1.82) is 0 Å². The summed E-state index contributed by atoms with van der Waals surface area (Å²) in [7, 11) is 0. The molecule has 4 N–H and O–H groups in total. The molecule has 4 heteroatoms. The van der Waals surface area contributed by atoms with E-state index in [0.717, 1.165) is 39.3 Å². The minimum Gasteiger partial charge on any atom is -0.383 e. The lowest BCUT2D eigenvalue weighted by Crippen LogP contribution is -2.28. The molecule has 0 spiro atoms. The van der Waals surface area contributed by atoms with Gasteiger partial charge in [0.1, 0.15) is 0 Å². The third-order valence-electron chi connectivity index (χ3n) is 6.95. The zero-order valence-corrected chi connectivity index (χ0v) is 21.9. The molecule has 4 rings (SSSR count). The van der Waals surface area contributed by atoms with Crippen molar-refractivity contribution in [2.24, 2.45) is 11.8 Å². The summed E-state index contributed by atoms with van der Waals surface area (Å²) >= 11 is 0. The second kappa shape index (κ2) is 13.9. The fourth-order valence-electron chi connectivity index (χ4n) is 4.80. The fourth-order valence-corrected chi connectivity index (χ4v) is 4.80. The van der Waals surface area contributed by atoms with Gasteiger partial charge in [0.05, 0.1) is 0 Å². The molecule has 36 heavy (non-hydrogen) atoms. The minimum absolute atomic E-state index is 0.693. The Morgan fingerprint density at radius 2 is 0.917 bits per heavy atom. The highest BCUT2D eigenvalue weighted by atomic mass is 15.0. The largest absolute Gasteiger partial charge is 0.383 e. The molecule has 0 bridgehead atoms. The highest BCUT2D eigenvalue weighted by molar-refractivity contribution is 5.94. The second-order valence-electron chi connectivity index (χ2n) is 10.1. The van der Waals surface area contributed by atoms with Crippen molar-refractivity contribution in [3.63, 3.8) is 0 Å². The molecule has 0 amide bonds. The lowest BCUT2D eigenvalue weighted by Gasteiger charge is -2.17. The third kappa shape index (κ3) is 7.71. The summed E-state index contributed by atoms with van der Waals surface area (Å²) in [6, 6.07) is 30.0. The summed E-state index contributed by atoms with van der Waals surface area (Å²) in [6.07, 6.45) is 2.53. The average molecular weight is 483 g/mol. The molecule has 4 nitrogen and oxygen atoms in total. The van der Waals surface area contributed by atoms with Crippen molar-refractivity contribution in [3.05, 3.63) is 84.9 Å². The Morgan fingerprint density at radius 1 is 0.500 bits per heavy atom. The summed E-state index contributed by atoms with van der Waals surface area (Å²) < 4.78 is 0. The standard InChI is InChI=1S/C32H42N4/c1-25(23-33-19-21-35-31-15-7-11-27-9-3-5-13-29(27)31)17-18-26(2)24-34-20-22-36-32-16-8-12-28-10-4-6-14-30(28)32/h3-16,25-26,33-36H,17-24H2,1-2H3. The normalized spacial score (nSPS) is 13.1. The lowest BCUT2D eigenvalue weighted by molar-refractivity contribution is 0.401. The van der Waals surface area contributed by atoms with Crippen molar-refractivity contribution >= 4 is 32.9 Å². The van der Waals surface area contributed by atoms with Gasteiger partial charge in [0, 0.05) is 48.3 Å². The van der Waals surface area contributed by atoms with E-state index in [4.69, 9.17) is 0 Å². The quantitative estimate of drug-likeness (QED) is 0.142. The van der Waals surface area contributed by atoms with Crippen molar-refractivity contribution < 1.29 is 0 Å². The van der Waals surface area contributed by atoms with Crippen LogP contribution in [0.5, 0.6) is 0 Å². The topological polar surface area (TPSA) is 48.1 Å². The Kier molecular flexibility index (Phi) is 10.0. The monoisotopic (exact) mass is 482 g/mol. The number of fused-ring (bicyclic) bond motifs is 2. The number of hydrogen-bond acceptors (Lipinski definition) is 4. The molecule has 0 aliphatic heterocycles. The molecular formula is C32H42N4. The van der Waals surface area contributed by atoms with Gasteiger partial charge in [0.2, 0.25) is 0 Å². The van der Waals surface area contributed by atoms with E-state index in [1.165, 1.54) is 45.8 Å². The number of nitrogens with one attached hydrogen (secondary N) is 4. The molecule has 0 aliphatic rings. The number of rotatable bonds is 15.